The summed E-state index contributed by atoms with van der Waals surface area (Å²) in [4.78, 5) is 22.1. The summed E-state index contributed by atoms with van der Waals surface area (Å²) < 4.78 is 5.33. The van der Waals surface area contributed by atoms with E-state index in [9.17, 15) is 9.59 Å². The van der Waals surface area contributed by atoms with Gasteiger partial charge >= 0.3 is 5.97 Å². The smallest absolute Gasteiger partial charge is 0.335 e. The van der Waals surface area contributed by atoms with Crippen molar-refractivity contribution in [1.82, 2.24) is 5.32 Å². The van der Waals surface area contributed by atoms with E-state index in [1.165, 1.54) is 12.1 Å². The average Bonchev–Trinajstić information content (AvgIpc) is 2.26. The number of benzene rings is 1. The summed E-state index contributed by atoms with van der Waals surface area (Å²) in [6, 6.07) is 4.58. The molecular weight excluding hydrogens is 234 g/mol. The molecule has 98 valence electrons. The van der Waals surface area contributed by atoms with Crippen molar-refractivity contribution in [3.63, 3.8) is 0 Å². The van der Waals surface area contributed by atoms with E-state index in [1.54, 1.807) is 13.0 Å². The second kappa shape index (κ2) is 6.05. The fourth-order valence-corrected chi connectivity index (χ4v) is 1.45. The predicted octanol–water partition coefficient (Wildman–Crippen LogP) is 1.60. The molecule has 0 fully saturated rings. The maximum atomic E-state index is 11.4. The zero-order valence-electron chi connectivity index (χ0n) is 10.7. The van der Waals surface area contributed by atoms with Gasteiger partial charge in [-0.3, -0.25) is 4.79 Å². The van der Waals surface area contributed by atoms with Crippen LogP contribution in [-0.2, 0) is 4.79 Å². The van der Waals surface area contributed by atoms with Gasteiger partial charge in [-0.2, -0.15) is 0 Å². The summed E-state index contributed by atoms with van der Waals surface area (Å²) in [5, 5.41) is 11.5. The molecule has 0 aliphatic carbocycles. The van der Waals surface area contributed by atoms with E-state index in [1.807, 2.05) is 13.8 Å². The zero-order chi connectivity index (χ0) is 13.7. The Balaban J connectivity index is 2.63. The van der Waals surface area contributed by atoms with Crippen molar-refractivity contribution in [2.24, 2.45) is 0 Å². The third kappa shape index (κ3) is 4.08. The molecule has 5 nitrogen and oxygen atoms in total. The summed E-state index contributed by atoms with van der Waals surface area (Å²) >= 11 is 0. The van der Waals surface area contributed by atoms with Gasteiger partial charge in [0.1, 0.15) is 5.75 Å². The molecule has 0 saturated carbocycles. The fourth-order valence-electron chi connectivity index (χ4n) is 1.45. The first-order valence-electron chi connectivity index (χ1n) is 5.66. The normalized spacial score (nSPS) is 10.2. The largest absolute Gasteiger partial charge is 0.484 e. The first kappa shape index (κ1) is 14.0. The van der Waals surface area contributed by atoms with Gasteiger partial charge in [0.15, 0.2) is 6.61 Å². The van der Waals surface area contributed by atoms with Crippen molar-refractivity contribution in [2.45, 2.75) is 26.8 Å². The molecule has 0 heterocycles. The van der Waals surface area contributed by atoms with Gasteiger partial charge in [0, 0.05) is 6.04 Å². The summed E-state index contributed by atoms with van der Waals surface area (Å²) in [6.07, 6.45) is 0. The lowest BCUT2D eigenvalue weighted by Crippen LogP contribution is -2.34. The monoisotopic (exact) mass is 251 g/mol. The Morgan fingerprint density at radius 3 is 2.56 bits per heavy atom. The first-order chi connectivity index (χ1) is 8.40. The van der Waals surface area contributed by atoms with Crippen LogP contribution < -0.4 is 10.1 Å². The highest BCUT2D eigenvalue weighted by atomic mass is 16.5. The number of aryl methyl sites for hydroxylation is 1. The molecule has 1 rings (SSSR count). The van der Waals surface area contributed by atoms with Crippen LogP contribution in [0, 0.1) is 6.92 Å². The Kier molecular flexibility index (Phi) is 4.71. The van der Waals surface area contributed by atoms with Crippen LogP contribution >= 0.6 is 0 Å². The Morgan fingerprint density at radius 2 is 2.06 bits per heavy atom. The average molecular weight is 251 g/mol. The second-order valence-corrected chi connectivity index (χ2v) is 4.30. The number of carboxylic acid groups (broad SMARTS) is 1. The maximum absolute atomic E-state index is 11.4. The number of carbonyl (C=O) groups excluding carboxylic acids is 1. The molecule has 0 radical (unpaired) electrons. The predicted molar refractivity (Wildman–Crippen MR) is 66.9 cm³/mol. The van der Waals surface area contributed by atoms with E-state index in [-0.39, 0.29) is 24.1 Å². The van der Waals surface area contributed by atoms with E-state index in [0.717, 1.165) is 0 Å². The summed E-state index contributed by atoms with van der Waals surface area (Å²) in [5.74, 6) is -0.673. The van der Waals surface area contributed by atoms with E-state index in [0.29, 0.717) is 11.3 Å². The van der Waals surface area contributed by atoms with Crippen LogP contribution in [0.4, 0.5) is 0 Å². The highest BCUT2D eigenvalue weighted by Crippen LogP contribution is 2.19. The number of carboxylic acids is 1. The van der Waals surface area contributed by atoms with Crippen molar-refractivity contribution >= 4 is 11.9 Å². The number of rotatable bonds is 5. The van der Waals surface area contributed by atoms with Gasteiger partial charge in [-0.25, -0.2) is 4.79 Å². The van der Waals surface area contributed by atoms with Crippen LogP contribution in [0.3, 0.4) is 0 Å². The molecule has 0 atom stereocenters. The highest BCUT2D eigenvalue weighted by Gasteiger charge is 2.08. The van der Waals surface area contributed by atoms with Gasteiger partial charge in [-0.15, -0.1) is 0 Å². The second-order valence-electron chi connectivity index (χ2n) is 4.30. The molecule has 0 unspecified atom stereocenters. The minimum atomic E-state index is -0.984. The molecule has 1 aromatic carbocycles. The molecule has 1 aromatic rings. The molecule has 0 bridgehead atoms. The van der Waals surface area contributed by atoms with Crippen LogP contribution in [0.1, 0.15) is 29.8 Å². The molecule has 0 aromatic heterocycles. The van der Waals surface area contributed by atoms with Crippen LogP contribution in [-0.4, -0.2) is 29.6 Å². The van der Waals surface area contributed by atoms with Gasteiger partial charge in [0.2, 0.25) is 0 Å². The third-order valence-electron chi connectivity index (χ3n) is 2.23. The van der Waals surface area contributed by atoms with Gasteiger partial charge in [-0.1, -0.05) is 0 Å². The van der Waals surface area contributed by atoms with Gasteiger partial charge < -0.3 is 15.2 Å². The number of ether oxygens (including phenoxy) is 1. The van der Waals surface area contributed by atoms with E-state index in [2.05, 4.69) is 5.32 Å². The maximum Gasteiger partial charge on any atom is 0.335 e. The Hall–Kier alpha value is -2.04. The van der Waals surface area contributed by atoms with Gasteiger partial charge in [-0.05, 0) is 44.5 Å². The molecule has 18 heavy (non-hydrogen) atoms. The molecular formula is C13H17NO4. The van der Waals surface area contributed by atoms with Crippen molar-refractivity contribution in [3.8, 4) is 5.75 Å². The third-order valence-corrected chi connectivity index (χ3v) is 2.23. The summed E-state index contributed by atoms with van der Waals surface area (Å²) in [6.45, 7) is 5.39. The topological polar surface area (TPSA) is 75.6 Å². The molecule has 0 spiro atoms. The number of hydrogen-bond donors (Lipinski definition) is 2. The fraction of sp³-hybridized carbons (Fsp3) is 0.385. The van der Waals surface area contributed by atoms with Crippen LogP contribution in [0.15, 0.2) is 18.2 Å². The molecule has 0 saturated heterocycles. The number of carbonyl (C=O) groups is 2. The zero-order valence-corrected chi connectivity index (χ0v) is 10.7. The first-order valence-corrected chi connectivity index (χ1v) is 5.66. The van der Waals surface area contributed by atoms with Crippen molar-refractivity contribution in [3.05, 3.63) is 29.3 Å². The minimum absolute atomic E-state index is 0.0663. The molecule has 0 aliphatic rings. The lowest BCUT2D eigenvalue weighted by Gasteiger charge is -2.11. The molecule has 0 aliphatic heterocycles. The number of amides is 1. The van der Waals surface area contributed by atoms with E-state index >= 15 is 0 Å². The van der Waals surface area contributed by atoms with Crippen LogP contribution in [0.5, 0.6) is 5.75 Å². The number of aromatic carboxylic acids is 1. The number of nitrogens with one attached hydrogen (secondary N) is 1. The lowest BCUT2D eigenvalue weighted by molar-refractivity contribution is -0.123. The van der Waals surface area contributed by atoms with Gasteiger partial charge in [0.25, 0.3) is 5.91 Å². The van der Waals surface area contributed by atoms with E-state index < -0.39 is 5.97 Å². The minimum Gasteiger partial charge on any atom is -0.484 e. The van der Waals surface area contributed by atoms with Crippen LogP contribution in [0.25, 0.3) is 0 Å². The van der Waals surface area contributed by atoms with Crippen molar-refractivity contribution < 1.29 is 19.4 Å². The SMILES string of the molecule is Cc1cc(C(=O)O)ccc1OCC(=O)NC(C)C. The van der Waals surface area contributed by atoms with Crippen molar-refractivity contribution in [2.75, 3.05) is 6.61 Å². The molecule has 5 heteroatoms. The van der Waals surface area contributed by atoms with Crippen LogP contribution in [0.2, 0.25) is 0 Å². The lowest BCUT2D eigenvalue weighted by atomic mass is 10.1. The Morgan fingerprint density at radius 1 is 1.39 bits per heavy atom. The van der Waals surface area contributed by atoms with Gasteiger partial charge in [0.05, 0.1) is 5.56 Å². The van der Waals surface area contributed by atoms with Crippen molar-refractivity contribution in [1.29, 1.82) is 0 Å². The quantitative estimate of drug-likeness (QED) is 0.833. The molecule has 2 N–H and O–H groups in total. The van der Waals surface area contributed by atoms with E-state index in [4.69, 9.17) is 9.84 Å². The summed E-state index contributed by atoms with van der Waals surface area (Å²) in [7, 11) is 0. The highest BCUT2D eigenvalue weighted by molar-refractivity contribution is 5.88. The summed E-state index contributed by atoms with van der Waals surface area (Å²) in [5.41, 5.74) is 0.888. The number of hydrogen-bond acceptors (Lipinski definition) is 3. The molecule has 1 amide bonds. The standard InChI is InChI=1S/C13H17NO4/c1-8(2)14-12(15)7-18-11-5-4-10(13(16)17)6-9(11)3/h4-6,8H,7H2,1-3H3,(H,14,15)(H,16,17). The Labute approximate surface area is 106 Å². The Bertz CT molecular complexity index is 454.